The lowest BCUT2D eigenvalue weighted by Gasteiger charge is -2.31. The third-order valence-corrected chi connectivity index (χ3v) is 6.84. The average molecular weight is 469 g/mol. The summed E-state index contributed by atoms with van der Waals surface area (Å²) in [6, 6.07) is 16.4. The molecular weight excluding hydrogens is 444 g/mol. The van der Waals surface area contributed by atoms with E-state index in [0.717, 1.165) is 24.1 Å². The van der Waals surface area contributed by atoms with Crippen LogP contribution in [0, 0.1) is 0 Å². The number of aryl methyl sites for hydroxylation is 1. The van der Waals surface area contributed by atoms with E-state index in [0.29, 0.717) is 12.3 Å². The number of carbonyl (C=O) groups excluding carboxylic acids is 2. The molecule has 2 heterocycles. The van der Waals surface area contributed by atoms with Crippen molar-refractivity contribution in [1.82, 2.24) is 4.72 Å². The number of rotatable bonds is 7. The lowest BCUT2D eigenvalue weighted by atomic mass is 10.0. The molecular formula is C24H24N2O6S. The molecule has 1 aliphatic heterocycles. The minimum atomic E-state index is -3.78. The second kappa shape index (κ2) is 9.60. The number of para-hydroxylation sites is 1. The number of hydrogen-bond donors (Lipinski definition) is 1. The second-order valence-corrected chi connectivity index (χ2v) is 9.46. The first-order valence-corrected chi connectivity index (χ1v) is 12.1. The number of nitrogens with one attached hydrogen (secondary N) is 1. The van der Waals surface area contributed by atoms with Crippen molar-refractivity contribution in [2.45, 2.75) is 37.3 Å². The van der Waals surface area contributed by atoms with Gasteiger partial charge in [0.25, 0.3) is 5.91 Å². The third-order valence-electron chi connectivity index (χ3n) is 5.42. The number of fused-ring (bicyclic) bond motifs is 1. The SMILES string of the molecule is CC(OC(=O)c1ccc(S(=O)(=O)NCc2ccco2)cc1)C(=O)N1CCCc2ccccc21. The van der Waals surface area contributed by atoms with E-state index in [1.807, 2.05) is 24.3 Å². The molecule has 9 heteroatoms. The number of benzene rings is 2. The van der Waals surface area contributed by atoms with Crippen LogP contribution in [0.5, 0.6) is 0 Å². The maximum atomic E-state index is 12.9. The molecule has 0 bridgehead atoms. The van der Waals surface area contributed by atoms with Crippen molar-refractivity contribution >= 4 is 27.6 Å². The molecule has 172 valence electrons. The summed E-state index contributed by atoms with van der Waals surface area (Å²) in [6.45, 7) is 2.11. The van der Waals surface area contributed by atoms with Gasteiger partial charge >= 0.3 is 5.97 Å². The van der Waals surface area contributed by atoms with Gasteiger partial charge in [-0.1, -0.05) is 18.2 Å². The molecule has 1 aromatic heterocycles. The van der Waals surface area contributed by atoms with Gasteiger partial charge in [0.15, 0.2) is 6.10 Å². The summed E-state index contributed by atoms with van der Waals surface area (Å²) >= 11 is 0. The summed E-state index contributed by atoms with van der Waals surface area (Å²) in [5, 5.41) is 0. The van der Waals surface area contributed by atoms with Crippen LogP contribution in [-0.4, -0.2) is 32.9 Å². The fourth-order valence-electron chi connectivity index (χ4n) is 3.69. The molecule has 0 radical (unpaired) electrons. The van der Waals surface area contributed by atoms with Crippen molar-refractivity contribution in [3.8, 4) is 0 Å². The first kappa shape index (κ1) is 22.8. The van der Waals surface area contributed by atoms with Crippen molar-refractivity contribution < 1.29 is 27.2 Å². The average Bonchev–Trinajstić information content (AvgIpc) is 3.36. The fourth-order valence-corrected chi connectivity index (χ4v) is 4.69. The molecule has 0 saturated carbocycles. The monoisotopic (exact) mass is 468 g/mol. The quantitative estimate of drug-likeness (QED) is 0.534. The van der Waals surface area contributed by atoms with Gasteiger partial charge < -0.3 is 14.1 Å². The highest BCUT2D eigenvalue weighted by Gasteiger charge is 2.28. The lowest BCUT2D eigenvalue weighted by molar-refractivity contribution is -0.126. The molecule has 1 atom stereocenters. The van der Waals surface area contributed by atoms with Crippen molar-refractivity contribution in [3.63, 3.8) is 0 Å². The zero-order valence-electron chi connectivity index (χ0n) is 18.1. The molecule has 2 aromatic carbocycles. The molecule has 0 aliphatic carbocycles. The van der Waals surface area contributed by atoms with Crippen LogP contribution in [0.25, 0.3) is 0 Å². The number of sulfonamides is 1. The van der Waals surface area contributed by atoms with E-state index in [1.54, 1.807) is 17.0 Å². The van der Waals surface area contributed by atoms with Crippen LogP contribution in [0.1, 0.15) is 35.0 Å². The predicted molar refractivity (Wildman–Crippen MR) is 121 cm³/mol. The van der Waals surface area contributed by atoms with E-state index in [2.05, 4.69) is 4.72 Å². The van der Waals surface area contributed by atoms with Crippen molar-refractivity contribution in [1.29, 1.82) is 0 Å². The number of nitrogens with zero attached hydrogens (tertiary/aromatic N) is 1. The number of amides is 1. The van der Waals surface area contributed by atoms with Crippen LogP contribution < -0.4 is 9.62 Å². The van der Waals surface area contributed by atoms with Crippen LogP contribution >= 0.6 is 0 Å². The van der Waals surface area contributed by atoms with Gasteiger partial charge in [0.05, 0.1) is 23.3 Å². The molecule has 33 heavy (non-hydrogen) atoms. The van der Waals surface area contributed by atoms with Gasteiger partial charge in [-0.2, -0.15) is 0 Å². The largest absolute Gasteiger partial charge is 0.468 e. The Morgan fingerprint density at radius 3 is 2.58 bits per heavy atom. The second-order valence-electron chi connectivity index (χ2n) is 7.70. The molecule has 1 N–H and O–H groups in total. The first-order valence-electron chi connectivity index (χ1n) is 10.6. The Morgan fingerprint density at radius 2 is 1.85 bits per heavy atom. The zero-order valence-corrected chi connectivity index (χ0v) is 18.9. The van der Waals surface area contributed by atoms with Gasteiger partial charge in [0, 0.05) is 12.2 Å². The summed E-state index contributed by atoms with van der Waals surface area (Å²) in [4.78, 5) is 27.1. The Hall–Kier alpha value is -3.43. The minimum absolute atomic E-state index is 0.000320. The Labute approximate surface area is 192 Å². The van der Waals surface area contributed by atoms with Crippen molar-refractivity contribution in [3.05, 3.63) is 83.8 Å². The topological polar surface area (TPSA) is 106 Å². The summed E-state index contributed by atoms with van der Waals surface area (Å²) in [7, 11) is -3.78. The van der Waals surface area contributed by atoms with Gasteiger partial charge in [-0.25, -0.2) is 17.9 Å². The molecule has 0 saturated heterocycles. The van der Waals surface area contributed by atoms with E-state index >= 15 is 0 Å². The first-order chi connectivity index (χ1) is 15.8. The number of ether oxygens (including phenoxy) is 1. The molecule has 1 aliphatic rings. The van der Waals surface area contributed by atoms with Crippen LogP contribution in [0.15, 0.2) is 76.2 Å². The molecule has 3 aromatic rings. The molecule has 1 unspecified atom stereocenters. The van der Waals surface area contributed by atoms with E-state index in [4.69, 9.17) is 9.15 Å². The number of furan rings is 1. The standard InChI is InChI=1S/C24H24N2O6S/c1-17(23(27)26-14-4-7-18-6-2-3-9-22(18)26)32-24(28)19-10-12-21(13-11-19)33(29,30)25-16-20-8-5-15-31-20/h2-3,5-6,8-13,15,17,25H,4,7,14,16H2,1H3. The van der Waals surface area contributed by atoms with Gasteiger partial charge in [-0.3, -0.25) is 4.79 Å². The predicted octanol–water partition coefficient (Wildman–Crippen LogP) is 3.28. The molecule has 0 fully saturated rings. The van der Waals surface area contributed by atoms with Crippen molar-refractivity contribution in [2.75, 3.05) is 11.4 Å². The number of anilines is 1. The van der Waals surface area contributed by atoms with Crippen LogP contribution in [-0.2, 0) is 32.5 Å². The summed E-state index contributed by atoms with van der Waals surface area (Å²) in [6.07, 6.45) is 2.22. The maximum absolute atomic E-state index is 12.9. The number of esters is 1. The van der Waals surface area contributed by atoms with Gasteiger partial charge in [0.1, 0.15) is 5.76 Å². The van der Waals surface area contributed by atoms with Crippen LogP contribution in [0.3, 0.4) is 0 Å². The summed E-state index contributed by atoms with van der Waals surface area (Å²) in [5.41, 5.74) is 2.08. The Morgan fingerprint density at radius 1 is 1.09 bits per heavy atom. The van der Waals surface area contributed by atoms with E-state index in [9.17, 15) is 18.0 Å². The molecule has 4 rings (SSSR count). The van der Waals surface area contributed by atoms with Gasteiger partial charge in [-0.15, -0.1) is 0 Å². The third kappa shape index (κ3) is 5.15. The maximum Gasteiger partial charge on any atom is 0.338 e. The zero-order chi connectivity index (χ0) is 23.4. The Bertz CT molecular complexity index is 1240. The minimum Gasteiger partial charge on any atom is -0.468 e. The smallest absolute Gasteiger partial charge is 0.338 e. The Kier molecular flexibility index (Phi) is 6.62. The van der Waals surface area contributed by atoms with Crippen molar-refractivity contribution in [2.24, 2.45) is 0 Å². The highest BCUT2D eigenvalue weighted by atomic mass is 32.2. The normalized spacial score (nSPS) is 14.4. The highest BCUT2D eigenvalue weighted by Crippen LogP contribution is 2.27. The Balaban J connectivity index is 1.39. The molecule has 1 amide bonds. The lowest BCUT2D eigenvalue weighted by Crippen LogP contribution is -2.42. The van der Waals surface area contributed by atoms with E-state index in [1.165, 1.54) is 37.5 Å². The van der Waals surface area contributed by atoms with Crippen LogP contribution in [0.2, 0.25) is 0 Å². The highest BCUT2D eigenvalue weighted by molar-refractivity contribution is 7.89. The summed E-state index contributed by atoms with van der Waals surface area (Å²) < 4.78 is 37.8. The van der Waals surface area contributed by atoms with E-state index < -0.39 is 22.1 Å². The van der Waals surface area contributed by atoms with E-state index in [-0.39, 0.29) is 22.9 Å². The fraction of sp³-hybridized carbons (Fsp3) is 0.250. The molecule has 0 spiro atoms. The van der Waals surface area contributed by atoms with Gasteiger partial charge in [0.2, 0.25) is 10.0 Å². The number of hydrogen-bond acceptors (Lipinski definition) is 6. The molecule has 8 nitrogen and oxygen atoms in total. The number of carbonyl (C=O) groups is 2. The van der Waals surface area contributed by atoms with Crippen LogP contribution in [0.4, 0.5) is 5.69 Å². The summed E-state index contributed by atoms with van der Waals surface area (Å²) in [5.74, 6) is -0.515. The van der Waals surface area contributed by atoms with Gasteiger partial charge in [-0.05, 0) is 67.8 Å².